The number of sulfonamides is 1. The molecule has 10 heteroatoms. The van der Waals surface area contributed by atoms with Crippen LogP contribution in [0.3, 0.4) is 0 Å². The maximum Gasteiger partial charge on any atom is 0.241 e. The van der Waals surface area contributed by atoms with Gasteiger partial charge in [0, 0.05) is 18.3 Å². The molecule has 0 spiro atoms. The van der Waals surface area contributed by atoms with E-state index in [0.29, 0.717) is 13.0 Å². The van der Waals surface area contributed by atoms with Crippen molar-refractivity contribution in [1.29, 1.82) is 0 Å². The molecule has 2 aliphatic heterocycles. The molecule has 2 aromatic rings. The number of primary sulfonamides is 1. The van der Waals surface area contributed by atoms with Gasteiger partial charge in [0.05, 0.1) is 29.0 Å². The Morgan fingerprint density at radius 3 is 2.28 bits per heavy atom. The first kappa shape index (κ1) is 22.9. The van der Waals surface area contributed by atoms with Crippen molar-refractivity contribution in [2.75, 3.05) is 29.5 Å². The lowest BCUT2D eigenvalue weighted by Gasteiger charge is -2.43. The second-order valence-electron chi connectivity index (χ2n) is 8.65. The van der Waals surface area contributed by atoms with Gasteiger partial charge in [-0.3, -0.25) is 9.69 Å². The van der Waals surface area contributed by atoms with Crippen LogP contribution in [-0.2, 0) is 31.1 Å². The molecule has 2 saturated heterocycles. The Hall–Kier alpha value is -2.27. The van der Waals surface area contributed by atoms with Crippen LogP contribution in [0.1, 0.15) is 16.7 Å². The molecule has 2 heterocycles. The topological polar surface area (TPSA) is 118 Å². The third-order valence-electron chi connectivity index (χ3n) is 6.41. The number of fused-ring (bicyclic) bond motifs is 1. The zero-order valence-electron chi connectivity index (χ0n) is 18.1. The molecule has 2 N–H and O–H groups in total. The van der Waals surface area contributed by atoms with Crippen LogP contribution in [0.5, 0.6) is 0 Å². The number of benzene rings is 2. The van der Waals surface area contributed by atoms with E-state index >= 15 is 0 Å². The van der Waals surface area contributed by atoms with Gasteiger partial charge in [0.1, 0.15) is 0 Å². The van der Waals surface area contributed by atoms with Gasteiger partial charge in [0.15, 0.2) is 9.84 Å². The van der Waals surface area contributed by atoms with Crippen LogP contribution in [-0.4, -0.2) is 64.3 Å². The van der Waals surface area contributed by atoms with Gasteiger partial charge in [-0.05, 0) is 61.2 Å². The quantitative estimate of drug-likeness (QED) is 0.687. The van der Waals surface area contributed by atoms with Gasteiger partial charge in [-0.15, -0.1) is 0 Å². The van der Waals surface area contributed by atoms with Crippen LogP contribution in [0.2, 0.25) is 0 Å². The van der Waals surface area contributed by atoms with E-state index in [-0.39, 0.29) is 34.9 Å². The molecule has 0 saturated carbocycles. The van der Waals surface area contributed by atoms with Crippen LogP contribution in [0.25, 0.3) is 0 Å². The molecule has 32 heavy (non-hydrogen) atoms. The van der Waals surface area contributed by atoms with Crippen molar-refractivity contribution < 1.29 is 21.6 Å². The predicted molar refractivity (Wildman–Crippen MR) is 123 cm³/mol. The summed E-state index contributed by atoms with van der Waals surface area (Å²) >= 11 is 0. The van der Waals surface area contributed by atoms with E-state index in [9.17, 15) is 21.6 Å². The lowest BCUT2D eigenvalue weighted by Crippen LogP contribution is -2.62. The van der Waals surface area contributed by atoms with Crippen molar-refractivity contribution in [3.63, 3.8) is 0 Å². The van der Waals surface area contributed by atoms with E-state index in [1.165, 1.54) is 12.1 Å². The van der Waals surface area contributed by atoms with Crippen molar-refractivity contribution in [1.82, 2.24) is 4.90 Å². The standard InChI is InChI=1S/C22H27N3O5S2/c1-15-3-6-18(11-16(15)2)25-21-14-31(27,28)13-20(21)24(12-22(25)26)10-9-17-4-7-19(8-5-17)32(23,29)30/h3-8,11,20-21H,9-10,12-14H2,1-2H3,(H2,23,29,30)/t20-,21+/m0/s1. The minimum absolute atomic E-state index is 0.0244. The zero-order chi connectivity index (χ0) is 23.3. The van der Waals surface area contributed by atoms with Crippen molar-refractivity contribution in [2.45, 2.75) is 37.2 Å². The molecule has 0 aromatic heterocycles. The second-order valence-corrected chi connectivity index (χ2v) is 12.4. The number of hydrogen-bond donors (Lipinski definition) is 1. The molecule has 4 rings (SSSR count). The third kappa shape index (κ3) is 4.59. The van der Waals surface area contributed by atoms with Crippen molar-refractivity contribution in [2.24, 2.45) is 5.14 Å². The number of anilines is 1. The van der Waals surface area contributed by atoms with Crippen LogP contribution in [0, 0.1) is 13.8 Å². The lowest BCUT2D eigenvalue weighted by atomic mass is 10.0. The Balaban J connectivity index is 1.55. The van der Waals surface area contributed by atoms with Gasteiger partial charge in [0.2, 0.25) is 15.9 Å². The molecular formula is C22H27N3O5S2. The first-order chi connectivity index (χ1) is 14.9. The van der Waals surface area contributed by atoms with Gasteiger partial charge in [-0.1, -0.05) is 18.2 Å². The summed E-state index contributed by atoms with van der Waals surface area (Å²) in [6.45, 7) is 4.61. The van der Waals surface area contributed by atoms with Crippen LogP contribution < -0.4 is 10.0 Å². The first-order valence-electron chi connectivity index (χ1n) is 10.4. The molecular weight excluding hydrogens is 450 g/mol. The normalized spacial score (nSPS) is 23.3. The second kappa shape index (κ2) is 8.26. The van der Waals surface area contributed by atoms with E-state index in [4.69, 9.17) is 5.14 Å². The molecule has 0 unspecified atom stereocenters. The third-order valence-corrected chi connectivity index (χ3v) is 9.04. The number of hydrogen-bond acceptors (Lipinski definition) is 6. The van der Waals surface area contributed by atoms with E-state index < -0.39 is 25.9 Å². The number of nitrogens with zero attached hydrogens (tertiary/aromatic N) is 2. The fourth-order valence-electron chi connectivity index (χ4n) is 4.53. The molecule has 2 atom stereocenters. The van der Waals surface area contributed by atoms with Crippen molar-refractivity contribution >= 4 is 31.5 Å². The summed E-state index contributed by atoms with van der Waals surface area (Å²) in [6.07, 6.45) is 0.561. The fraction of sp³-hybridized carbons (Fsp3) is 0.409. The van der Waals surface area contributed by atoms with Crippen LogP contribution in [0.4, 0.5) is 5.69 Å². The Labute approximate surface area is 189 Å². The SMILES string of the molecule is Cc1ccc(N2C(=O)CN(CCc3ccc(S(N)(=O)=O)cc3)[C@H]3CS(=O)(=O)C[C@H]32)cc1C. The minimum Gasteiger partial charge on any atom is -0.306 e. The number of carbonyl (C=O) groups is 1. The highest BCUT2D eigenvalue weighted by molar-refractivity contribution is 7.91. The van der Waals surface area contributed by atoms with Gasteiger partial charge in [0.25, 0.3) is 0 Å². The highest BCUT2D eigenvalue weighted by Crippen LogP contribution is 2.32. The van der Waals surface area contributed by atoms with Crippen LogP contribution in [0.15, 0.2) is 47.4 Å². The number of aryl methyl sites for hydroxylation is 2. The summed E-state index contributed by atoms with van der Waals surface area (Å²) in [6, 6.07) is 11.4. The van der Waals surface area contributed by atoms with Gasteiger partial charge in [-0.2, -0.15) is 0 Å². The number of amides is 1. The molecule has 8 nitrogen and oxygen atoms in total. The zero-order valence-corrected chi connectivity index (χ0v) is 19.7. The summed E-state index contributed by atoms with van der Waals surface area (Å²) < 4.78 is 47.9. The molecule has 0 bridgehead atoms. The molecule has 2 aromatic carbocycles. The lowest BCUT2D eigenvalue weighted by molar-refractivity contribution is -0.123. The Bertz CT molecular complexity index is 1260. The maximum atomic E-state index is 13.1. The Morgan fingerprint density at radius 1 is 1.00 bits per heavy atom. The van der Waals surface area contributed by atoms with Gasteiger partial charge >= 0.3 is 0 Å². The van der Waals surface area contributed by atoms with Crippen molar-refractivity contribution in [3.05, 3.63) is 59.2 Å². The van der Waals surface area contributed by atoms with Gasteiger partial charge < -0.3 is 4.90 Å². The van der Waals surface area contributed by atoms with Crippen LogP contribution >= 0.6 is 0 Å². The van der Waals surface area contributed by atoms with Gasteiger partial charge in [-0.25, -0.2) is 22.0 Å². The van der Waals surface area contributed by atoms with E-state index in [1.807, 2.05) is 36.9 Å². The minimum atomic E-state index is -3.75. The number of sulfone groups is 1. The molecule has 172 valence electrons. The average molecular weight is 478 g/mol. The number of carbonyl (C=O) groups excluding carboxylic acids is 1. The molecule has 2 fully saturated rings. The highest BCUT2D eigenvalue weighted by atomic mass is 32.2. The Kier molecular flexibility index (Phi) is 5.91. The Morgan fingerprint density at radius 2 is 1.66 bits per heavy atom. The average Bonchev–Trinajstić information content (AvgIpc) is 3.03. The maximum absolute atomic E-state index is 13.1. The number of rotatable bonds is 5. The summed E-state index contributed by atoms with van der Waals surface area (Å²) in [5, 5.41) is 5.14. The molecule has 0 radical (unpaired) electrons. The molecule has 0 aliphatic carbocycles. The largest absolute Gasteiger partial charge is 0.306 e. The van der Waals surface area contributed by atoms with E-state index in [2.05, 4.69) is 0 Å². The summed E-state index contributed by atoms with van der Waals surface area (Å²) in [4.78, 5) is 16.8. The number of nitrogens with two attached hydrogens (primary N) is 1. The molecule has 1 amide bonds. The highest BCUT2D eigenvalue weighted by Gasteiger charge is 2.49. The summed E-state index contributed by atoms with van der Waals surface area (Å²) in [5.74, 6) is -0.136. The van der Waals surface area contributed by atoms with Crippen molar-refractivity contribution in [3.8, 4) is 0 Å². The fourth-order valence-corrected chi connectivity index (χ4v) is 7.03. The molecule has 2 aliphatic rings. The smallest absolute Gasteiger partial charge is 0.241 e. The summed E-state index contributed by atoms with van der Waals surface area (Å²) in [7, 11) is -7.02. The monoisotopic (exact) mass is 477 g/mol. The van der Waals surface area contributed by atoms with E-state index in [0.717, 1.165) is 22.4 Å². The predicted octanol–water partition coefficient (Wildman–Crippen LogP) is 1.01. The number of piperazine rings is 1. The van der Waals surface area contributed by atoms with E-state index in [1.54, 1.807) is 17.0 Å². The summed E-state index contributed by atoms with van der Waals surface area (Å²) in [5.41, 5.74) is 3.80. The first-order valence-corrected chi connectivity index (χ1v) is 13.8.